The van der Waals surface area contributed by atoms with Crippen LogP contribution in [0.3, 0.4) is 0 Å². The van der Waals surface area contributed by atoms with Crippen molar-refractivity contribution in [3.8, 4) is 0 Å². The van der Waals surface area contributed by atoms with Gasteiger partial charge < -0.3 is 8.83 Å². The second-order valence-electron chi connectivity index (χ2n) is 7.88. The van der Waals surface area contributed by atoms with Gasteiger partial charge >= 0.3 is 5.91 Å². The van der Waals surface area contributed by atoms with Gasteiger partial charge in [-0.3, -0.25) is 25.2 Å². The highest BCUT2D eigenvalue weighted by Gasteiger charge is 2.28. The van der Waals surface area contributed by atoms with Crippen molar-refractivity contribution < 1.29 is 23.2 Å². The fraction of sp³-hybridized carbons (Fsp3) is 0.250. The third kappa shape index (κ3) is 4.57. The SMILES string of the molecule is Cc1cccc(C(=O)N/N=C2\CCCc3oc(C(=O)NNC(=O)c4ccoc4C)c(C)c32)c1. The summed E-state index contributed by atoms with van der Waals surface area (Å²) in [7, 11) is 0. The van der Waals surface area contributed by atoms with Gasteiger partial charge in [0.2, 0.25) is 0 Å². The first-order chi connectivity index (χ1) is 15.8. The third-order valence-electron chi connectivity index (χ3n) is 5.50. The molecule has 0 radical (unpaired) electrons. The lowest BCUT2D eigenvalue weighted by molar-refractivity contribution is 0.0828. The lowest BCUT2D eigenvalue weighted by Gasteiger charge is -2.13. The quantitative estimate of drug-likeness (QED) is 0.528. The van der Waals surface area contributed by atoms with E-state index >= 15 is 0 Å². The zero-order valence-electron chi connectivity index (χ0n) is 18.6. The maximum atomic E-state index is 12.7. The maximum Gasteiger partial charge on any atom is 0.305 e. The number of rotatable bonds is 4. The lowest BCUT2D eigenvalue weighted by atomic mass is 9.93. The summed E-state index contributed by atoms with van der Waals surface area (Å²) in [5.74, 6) is -0.229. The molecule has 0 unspecified atom stereocenters. The van der Waals surface area contributed by atoms with Crippen LogP contribution in [0.1, 0.15) is 72.3 Å². The summed E-state index contributed by atoms with van der Waals surface area (Å²) in [5.41, 5.74) is 11.1. The van der Waals surface area contributed by atoms with Gasteiger partial charge in [-0.2, -0.15) is 5.10 Å². The molecular formula is C24H24N4O5. The number of amides is 3. The van der Waals surface area contributed by atoms with Crippen LogP contribution in [0.5, 0.6) is 0 Å². The highest BCUT2D eigenvalue weighted by molar-refractivity contribution is 6.07. The summed E-state index contributed by atoms with van der Waals surface area (Å²) in [4.78, 5) is 37.4. The molecule has 33 heavy (non-hydrogen) atoms. The monoisotopic (exact) mass is 448 g/mol. The summed E-state index contributed by atoms with van der Waals surface area (Å²) in [6, 6.07) is 8.75. The minimum atomic E-state index is -0.584. The van der Waals surface area contributed by atoms with Gasteiger partial charge in [-0.25, -0.2) is 5.43 Å². The van der Waals surface area contributed by atoms with Gasteiger partial charge in [-0.15, -0.1) is 0 Å². The Kier molecular flexibility index (Phi) is 6.12. The number of carbonyl (C=O) groups excluding carboxylic acids is 3. The molecule has 2 aromatic heterocycles. The zero-order chi connectivity index (χ0) is 23.5. The van der Waals surface area contributed by atoms with Crippen molar-refractivity contribution in [2.24, 2.45) is 5.10 Å². The van der Waals surface area contributed by atoms with Crippen LogP contribution in [0, 0.1) is 20.8 Å². The molecule has 0 spiro atoms. The van der Waals surface area contributed by atoms with Crippen LogP contribution in [0.15, 0.2) is 50.5 Å². The first-order valence-corrected chi connectivity index (χ1v) is 10.6. The minimum absolute atomic E-state index is 0.0869. The number of hydrogen-bond acceptors (Lipinski definition) is 6. The van der Waals surface area contributed by atoms with Crippen molar-refractivity contribution in [1.29, 1.82) is 0 Å². The summed E-state index contributed by atoms with van der Waals surface area (Å²) >= 11 is 0. The van der Waals surface area contributed by atoms with E-state index in [0.29, 0.717) is 52.3 Å². The van der Waals surface area contributed by atoms with Crippen LogP contribution in [0.4, 0.5) is 0 Å². The van der Waals surface area contributed by atoms with Gasteiger partial charge in [-0.05, 0) is 51.8 Å². The number of hydrogen-bond donors (Lipinski definition) is 3. The summed E-state index contributed by atoms with van der Waals surface area (Å²) in [6.07, 6.45) is 3.46. The van der Waals surface area contributed by atoms with Gasteiger partial charge in [0.05, 0.1) is 17.5 Å². The Morgan fingerprint density at radius 1 is 0.970 bits per heavy atom. The van der Waals surface area contributed by atoms with Crippen molar-refractivity contribution in [1.82, 2.24) is 16.3 Å². The predicted octanol–water partition coefficient (Wildman–Crippen LogP) is 3.34. The minimum Gasteiger partial charge on any atom is -0.469 e. The molecule has 3 N–H and O–H groups in total. The second-order valence-corrected chi connectivity index (χ2v) is 7.88. The van der Waals surface area contributed by atoms with E-state index in [2.05, 4.69) is 21.4 Å². The fourth-order valence-electron chi connectivity index (χ4n) is 3.82. The molecule has 0 bridgehead atoms. The van der Waals surface area contributed by atoms with E-state index in [-0.39, 0.29) is 11.7 Å². The standard InChI is InChI=1S/C24H24N4O5/c1-13-6-4-7-16(12-13)22(29)26-25-18-8-5-9-19-20(18)14(2)21(33-19)24(31)28-27-23(30)17-10-11-32-15(17)3/h4,6-7,10-12H,5,8-9H2,1-3H3,(H,26,29)(H,27,30)(H,28,31)/b25-18+. The van der Waals surface area contributed by atoms with Gasteiger partial charge in [0, 0.05) is 23.1 Å². The molecule has 170 valence electrons. The molecule has 0 saturated carbocycles. The van der Waals surface area contributed by atoms with E-state index in [4.69, 9.17) is 8.83 Å². The van der Waals surface area contributed by atoms with E-state index < -0.39 is 11.8 Å². The van der Waals surface area contributed by atoms with Crippen LogP contribution < -0.4 is 16.3 Å². The molecule has 1 aliphatic carbocycles. The summed E-state index contributed by atoms with van der Waals surface area (Å²) in [5, 5.41) is 4.33. The third-order valence-corrected chi connectivity index (χ3v) is 5.50. The number of fused-ring (bicyclic) bond motifs is 1. The number of furan rings is 2. The number of carbonyl (C=O) groups is 3. The summed E-state index contributed by atoms with van der Waals surface area (Å²) in [6.45, 7) is 5.32. The average Bonchev–Trinajstić information content (AvgIpc) is 3.39. The number of aryl methyl sites for hydroxylation is 3. The van der Waals surface area contributed by atoms with E-state index in [1.165, 1.54) is 12.3 Å². The molecule has 1 aromatic carbocycles. The zero-order valence-corrected chi connectivity index (χ0v) is 18.6. The molecule has 4 rings (SSSR count). The van der Waals surface area contributed by atoms with E-state index in [1.54, 1.807) is 26.0 Å². The molecule has 3 amide bonds. The van der Waals surface area contributed by atoms with Gasteiger partial charge in [-0.1, -0.05) is 17.7 Å². The van der Waals surface area contributed by atoms with Crippen LogP contribution in [0.25, 0.3) is 0 Å². The van der Waals surface area contributed by atoms with Crippen molar-refractivity contribution in [3.63, 3.8) is 0 Å². The molecule has 9 nitrogen and oxygen atoms in total. The highest BCUT2D eigenvalue weighted by Crippen LogP contribution is 2.29. The number of hydrazine groups is 1. The molecule has 3 aromatic rings. The Labute approximate surface area is 190 Å². The van der Waals surface area contributed by atoms with Gasteiger partial charge in [0.25, 0.3) is 11.8 Å². The number of nitrogens with zero attached hydrogens (tertiary/aromatic N) is 1. The largest absolute Gasteiger partial charge is 0.469 e. The van der Waals surface area contributed by atoms with E-state index in [0.717, 1.165) is 12.0 Å². The Bertz CT molecular complexity index is 1270. The number of benzene rings is 1. The van der Waals surface area contributed by atoms with Crippen LogP contribution >= 0.6 is 0 Å². The number of hydrazone groups is 1. The predicted molar refractivity (Wildman–Crippen MR) is 120 cm³/mol. The fourth-order valence-corrected chi connectivity index (χ4v) is 3.82. The number of nitrogens with one attached hydrogen (secondary N) is 3. The molecular weight excluding hydrogens is 424 g/mol. The van der Waals surface area contributed by atoms with Crippen molar-refractivity contribution in [3.05, 3.63) is 81.7 Å². The maximum absolute atomic E-state index is 12.7. The molecule has 2 heterocycles. The van der Waals surface area contributed by atoms with Crippen LogP contribution in [0.2, 0.25) is 0 Å². The molecule has 0 saturated heterocycles. The highest BCUT2D eigenvalue weighted by atomic mass is 16.4. The average molecular weight is 448 g/mol. The van der Waals surface area contributed by atoms with E-state index in [9.17, 15) is 14.4 Å². The van der Waals surface area contributed by atoms with Crippen molar-refractivity contribution >= 4 is 23.4 Å². The molecule has 1 aliphatic rings. The lowest BCUT2D eigenvalue weighted by Crippen LogP contribution is -2.41. The van der Waals surface area contributed by atoms with Gasteiger partial charge in [0.1, 0.15) is 11.5 Å². The second kappa shape index (κ2) is 9.15. The van der Waals surface area contributed by atoms with Crippen LogP contribution in [-0.2, 0) is 6.42 Å². The van der Waals surface area contributed by atoms with E-state index in [1.807, 2.05) is 19.1 Å². The normalized spacial score (nSPS) is 14.0. The van der Waals surface area contributed by atoms with Crippen molar-refractivity contribution in [2.75, 3.05) is 0 Å². The first kappa shape index (κ1) is 22.1. The van der Waals surface area contributed by atoms with Crippen molar-refractivity contribution in [2.45, 2.75) is 40.0 Å². The van der Waals surface area contributed by atoms with Gasteiger partial charge in [0.15, 0.2) is 5.76 Å². The molecule has 0 aliphatic heterocycles. The Balaban J connectivity index is 1.49. The Hall–Kier alpha value is -4.14. The Morgan fingerprint density at radius 2 is 1.76 bits per heavy atom. The smallest absolute Gasteiger partial charge is 0.305 e. The molecule has 0 fully saturated rings. The first-order valence-electron chi connectivity index (χ1n) is 10.6. The molecule has 9 heteroatoms. The summed E-state index contributed by atoms with van der Waals surface area (Å²) < 4.78 is 10.9. The topological polar surface area (TPSA) is 126 Å². The Morgan fingerprint density at radius 3 is 2.48 bits per heavy atom. The van der Waals surface area contributed by atoms with Crippen LogP contribution in [-0.4, -0.2) is 23.4 Å². The molecule has 0 atom stereocenters.